The molecule has 2 atom stereocenters. The molecule has 0 radical (unpaired) electrons. The lowest BCUT2D eigenvalue weighted by molar-refractivity contribution is 0.0717. The highest BCUT2D eigenvalue weighted by Crippen LogP contribution is 2.19. The van der Waals surface area contributed by atoms with Gasteiger partial charge in [-0.1, -0.05) is 12.8 Å². The van der Waals surface area contributed by atoms with Crippen LogP contribution in [0.4, 0.5) is 0 Å². The van der Waals surface area contributed by atoms with Gasteiger partial charge in [0.2, 0.25) is 0 Å². The predicted molar refractivity (Wildman–Crippen MR) is 74.9 cm³/mol. The van der Waals surface area contributed by atoms with Gasteiger partial charge >= 0.3 is 0 Å². The summed E-state index contributed by atoms with van der Waals surface area (Å²) in [6.45, 7) is 0. The number of amides is 1. The minimum atomic E-state index is -0.441. The quantitative estimate of drug-likeness (QED) is 0.866. The molecular weight excluding hydrogens is 270 g/mol. The Kier molecular flexibility index (Phi) is 3.92. The van der Waals surface area contributed by atoms with Crippen molar-refractivity contribution >= 4 is 5.91 Å². The average Bonchev–Trinajstić information content (AvgIpc) is 3.04. The molecule has 21 heavy (non-hydrogen) atoms. The number of benzene rings is 1. The molecule has 0 bridgehead atoms. The second-order valence-electron chi connectivity index (χ2n) is 5.23. The van der Waals surface area contributed by atoms with Crippen LogP contribution in [-0.2, 0) is 0 Å². The summed E-state index contributed by atoms with van der Waals surface area (Å²) in [7, 11) is 0. The molecule has 110 valence electrons. The van der Waals surface area contributed by atoms with Crippen molar-refractivity contribution in [1.29, 1.82) is 0 Å². The number of aliphatic hydroxyl groups is 1. The van der Waals surface area contributed by atoms with Crippen molar-refractivity contribution in [2.75, 3.05) is 0 Å². The van der Waals surface area contributed by atoms with Gasteiger partial charge in [-0.2, -0.15) is 0 Å². The summed E-state index contributed by atoms with van der Waals surface area (Å²) in [5.41, 5.74) is 1.35. The van der Waals surface area contributed by atoms with Crippen LogP contribution in [0.25, 0.3) is 5.69 Å². The van der Waals surface area contributed by atoms with E-state index in [0.29, 0.717) is 5.56 Å². The first-order valence-electron chi connectivity index (χ1n) is 7.06. The van der Waals surface area contributed by atoms with Crippen molar-refractivity contribution in [2.45, 2.75) is 37.8 Å². The number of aliphatic hydroxyl groups excluding tert-OH is 1. The van der Waals surface area contributed by atoms with E-state index in [1.165, 1.54) is 11.0 Å². The van der Waals surface area contributed by atoms with Gasteiger partial charge in [0, 0.05) is 5.56 Å². The highest BCUT2D eigenvalue weighted by molar-refractivity contribution is 5.94. The molecule has 0 spiro atoms. The topological polar surface area (TPSA) is 92.9 Å². The summed E-state index contributed by atoms with van der Waals surface area (Å²) < 4.78 is 1.52. The minimum Gasteiger partial charge on any atom is -0.391 e. The zero-order chi connectivity index (χ0) is 14.7. The number of rotatable bonds is 3. The van der Waals surface area contributed by atoms with Crippen molar-refractivity contribution < 1.29 is 9.90 Å². The molecule has 2 N–H and O–H groups in total. The van der Waals surface area contributed by atoms with Crippen LogP contribution in [0.1, 0.15) is 36.0 Å². The van der Waals surface area contributed by atoms with Gasteiger partial charge in [0.15, 0.2) is 0 Å². The fourth-order valence-corrected chi connectivity index (χ4v) is 2.58. The first kappa shape index (κ1) is 13.7. The van der Waals surface area contributed by atoms with Crippen LogP contribution in [0.3, 0.4) is 0 Å². The third-order valence-electron chi connectivity index (χ3n) is 3.79. The zero-order valence-corrected chi connectivity index (χ0v) is 11.5. The molecule has 1 saturated carbocycles. The van der Waals surface area contributed by atoms with E-state index >= 15 is 0 Å². The summed E-state index contributed by atoms with van der Waals surface area (Å²) in [4.78, 5) is 12.2. The van der Waals surface area contributed by atoms with E-state index in [-0.39, 0.29) is 11.9 Å². The summed E-state index contributed by atoms with van der Waals surface area (Å²) in [6, 6.07) is 6.86. The monoisotopic (exact) mass is 287 g/mol. The molecule has 3 rings (SSSR count). The van der Waals surface area contributed by atoms with E-state index in [1.54, 1.807) is 24.3 Å². The van der Waals surface area contributed by atoms with Crippen LogP contribution in [-0.4, -0.2) is 43.4 Å². The highest BCUT2D eigenvalue weighted by atomic mass is 16.3. The van der Waals surface area contributed by atoms with Crippen LogP contribution in [0.5, 0.6) is 0 Å². The maximum atomic E-state index is 12.2. The maximum Gasteiger partial charge on any atom is 0.251 e. The second-order valence-corrected chi connectivity index (χ2v) is 5.23. The van der Waals surface area contributed by atoms with Crippen molar-refractivity contribution in [2.24, 2.45) is 0 Å². The SMILES string of the molecule is O=C(N[C@H]1CCCC[C@@H]1O)c1ccc(-n2cnnn2)cc1. The Labute approximate surface area is 122 Å². The van der Waals surface area contributed by atoms with E-state index in [2.05, 4.69) is 20.8 Å². The van der Waals surface area contributed by atoms with Crippen LogP contribution in [0.2, 0.25) is 0 Å². The predicted octanol–water partition coefficient (Wildman–Crippen LogP) is 0.696. The van der Waals surface area contributed by atoms with Gasteiger partial charge in [-0.15, -0.1) is 5.10 Å². The van der Waals surface area contributed by atoms with E-state index in [4.69, 9.17) is 0 Å². The lowest BCUT2D eigenvalue weighted by atomic mass is 9.92. The molecule has 1 fully saturated rings. The van der Waals surface area contributed by atoms with Gasteiger partial charge in [0.1, 0.15) is 6.33 Å². The lowest BCUT2D eigenvalue weighted by Crippen LogP contribution is -2.45. The van der Waals surface area contributed by atoms with E-state index in [9.17, 15) is 9.90 Å². The smallest absolute Gasteiger partial charge is 0.251 e. The van der Waals surface area contributed by atoms with Gasteiger partial charge in [-0.25, -0.2) is 4.68 Å². The number of nitrogens with zero attached hydrogens (tertiary/aromatic N) is 4. The molecule has 7 nitrogen and oxygen atoms in total. The summed E-state index contributed by atoms with van der Waals surface area (Å²) >= 11 is 0. The first-order valence-corrected chi connectivity index (χ1v) is 7.06. The normalized spacial score (nSPS) is 22.0. The Balaban J connectivity index is 1.67. The van der Waals surface area contributed by atoms with Crippen molar-refractivity contribution in [3.63, 3.8) is 0 Å². The Hall–Kier alpha value is -2.28. The third-order valence-corrected chi connectivity index (χ3v) is 3.79. The zero-order valence-electron chi connectivity index (χ0n) is 11.5. The summed E-state index contributed by atoms with van der Waals surface area (Å²) in [5, 5.41) is 23.7. The van der Waals surface area contributed by atoms with Gasteiger partial charge in [0.05, 0.1) is 17.8 Å². The summed E-state index contributed by atoms with van der Waals surface area (Å²) in [5.74, 6) is -0.163. The molecular formula is C14H17N5O2. The molecule has 1 aromatic carbocycles. The molecule has 1 amide bonds. The Morgan fingerprint density at radius 3 is 2.67 bits per heavy atom. The number of aromatic nitrogens is 4. The Bertz CT molecular complexity index is 596. The Morgan fingerprint density at radius 1 is 1.24 bits per heavy atom. The summed E-state index contributed by atoms with van der Waals surface area (Å²) in [6.07, 6.45) is 4.70. The molecule has 7 heteroatoms. The van der Waals surface area contributed by atoms with Crippen molar-refractivity contribution in [1.82, 2.24) is 25.5 Å². The fraction of sp³-hybridized carbons (Fsp3) is 0.429. The molecule has 1 aromatic heterocycles. The number of tetrazole rings is 1. The standard InChI is InChI=1S/C14H17N5O2/c20-13-4-2-1-3-12(13)16-14(21)10-5-7-11(8-6-10)19-9-15-17-18-19/h5-9,12-13,20H,1-4H2,(H,16,21)/t12-,13-/m0/s1. The highest BCUT2D eigenvalue weighted by Gasteiger charge is 2.24. The fourth-order valence-electron chi connectivity index (χ4n) is 2.58. The first-order chi connectivity index (χ1) is 10.2. The van der Waals surface area contributed by atoms with Gasteiger partial charge in [-0.05, 0) is 47.5 Å². The molecule has 0 unspecified atom stereocenters. The molecule has 2 aromatic rings. The molecule has 0 aliphatic heterocycles. The van der Waals surface area contributed by atoms with Gasteiger partial charge in [-0.3, -0.25) is 4.79 Å². The number of hydrogen-bond acceptors (Lipinski definition) is 5. The maximum absolute atomic E-state index is 12.2. The third kappa shape index (κ3) is 3.08. The van der Waals surface area contributed by atoms with Crippen LogP contribution in [0.15, 0.2) is 30.6 Å². The largest absolute Gasteiger partial charge is 0.391 e. The van der Waals surface area contributed by atoms with Gasteiger partial charge in [0.25, 0.3) is 5.91 Å². The van der Waals surface area contributed by atoms with E-state index in [1.807, 2.05) is 0 Å². The molecule has 0 saturated heterocycles. The Morgan fingerprint density at radius 2 is 2.00 bits per heavy atom. The second kappa shape index (κ2) is 6.01. The molecule has 1 aliphatic carbocycles. The average molecular weight is 287 g/mol. The lowest BCUT2D eigenvalue weighted by Gasteiger charge is -2.28. The van der Waals surface area contributed by atoms with Crippen LogP contribution in [0, 0.1) is 0 Å². The van der Waals surface area contributed by atoms with Crippen LogP contribution >= 0.6 is 0 Å². The number of carbonyl (C=O) groups excluding carboxylic acids is 1. The van der Waals surface area contributed by atoms with E-state index in [0.717, 1.165) is 31.4 Å². The number of nitrogens with one attached hydrogen (secondary N) is 1. The van der Waals surface area contributed by atoms with Crippen molar-refractivity contribution in [3.8, 4) is 5.69 Å². The molecule has 1 heterocycles. The minimum absolute atomic E-state index is 0.148. The molecule has 1 aliphatic rings. The van der Waals surface area contributed by atoms with Gasteiger partial charge < -0.3 is 10.4 Å². The number of hydrogen-bond donors (Lipinski definition) is 2. The number of carbonyl (C=O) groups is 1. The van der Waals surface area contributed by atoms with E-state index < -0.39 is 6.10 Å². The van der Waals surface area contributed by atoms with Crippen molar-refractivity contribution in [3.05, 3.63) is 36.2 Å². The van der Waals surface area contributed by atoms with Crippen LogP contribution < -0.4 is 5.32 Å².